The van der Waals surface area contributed by atoms with Crippen LogP contribution in [0, 0.1) is 0 Å². The number of thioether (sulfide) groups is 1. The molecule has 1 fully saturated rings. The van der Waals surface area contributed by atoms with Crippen molar-refractivity contribution in [3.8, 4) is 0 Å². The summed E-state index contributed by atoms with van der Waals surface area (Å²) in [5.74, 6) is 0.841. The van der Waals surface area contributed by atoms with Crippen LogP contribution in [0.4, 0.5) is 10.8 Å². The molecule has 0 aliphatic carbocycles. The normalized spacial score (nSPS) is 21.2. The van der Waals surface area contributed by atoms with Crippen molar-refractivity contribution in [2.45, 2.75) is 16.7 Å². The third-order valence-electron chi connectivity index (χ3n) is 3.39. The second-order valence-electron chi connectivity index (χ2n) is 5.25. The second kappa shape index (κ2) is 6.82. The van der Waals surface area contributed by atoms with Crippen LogP contribution in [0.15, 0.2) is 28.6 Å². The van der Waals surface area contributed by atoms with Gasteiger partial charge in [0.05, 0.1) is 6.10 Å². The first-order chi connectivity index (χ1) is 10.6. The van der Waals surface area contributed by atoms with Gasteiger partial charge >= 0.3 is 0 Å². The molecular weight excluding hydrogens is 318 g/mol. The molecule has 1 aliphatic rings. The van der Waals surface area contributed by atoms with Gasteiger partial charge in [0.1, 0.15) is 6.23 Å². The smallest absolute Gasteiger partial charge is 0.203 e. The maximum absolute atomic E-state index is 6.06. The highest BCUT2D eigenvalue weighted by atomic mass is 32.2. The Hall–Kier alpha value is -1.35. The summed E-state index contributed by atoms with van der Waals surface area (Å²) in [6.07, 6.45) is 0.120. The van der Waals surface area contributed by atoms with Crippen LogP contribution >= 0.6 is 23.1 Å². The van der Waals surface area contributed by atoms with Gasteiger partial charge in [-0.2, -0.15) is 0 Å². The summed E-state index contributed by atoms with van der Waals surface area (Å²) in [6.45, 7) is 0.835. The van der Waals surface area contributed by atoms with Crippen molar-refractivity contribution in [3.63, 3.8) is 0 Å². The molecule has 0 bridgehead atoms. The lowest BCUT2D eigenvalue weighted by Crippen LogP contribution is -2.16. The highest BCUT2D eigenvalue weighted by molar-refractivity contribution is 8.01. The highest BCUT2D eigenvalue weighted by Crippen LogP contribution is 2.29. The van der Waals surface area contributed by atoms with Crippen molar-refractivity contribution >= 4 is 33.9 Å². The van der Waals surface area contributed by atoms with Gasteiger partial charge in [-0.3, -0.25) is 5.32 Å². The Labute approximate surface area is 138 Å². The van der Waals surface area contributed by atoms with Crippen molar-refractivity contribution in [2.24, 2.45) is 0 Å². The predicted octanol–water partition coefficient (Wildman–Crippen LogP) is 1.97. The SMILES string of the molecule is CN(C)c1ccc([C@@H]2NC[C@H](CSc3nnc(N)s3)O2)cc1. The Morgan fingerprint density at radius 1 is 1.36 bits per heavy atom. The largest absolute Gasteiger partial charge is 0.378 e. The Morgan fingerprint density at radius 2 is 2.14 bits per heavy atom. The van der Waals surface area contributed by atoms with E-state index in [2.05, 4.69) is 44.7 Å². The lowest BCUT2D eigenvalue weighted by atomic mass is 10.2. The fourth-order valence-electron chi connectivity index (χ4n) is 2.21. The minimum atomic E-state index is -0.0405. The number of hydrogen-bond acceptors (Lipinski definition) is 8. The van der Waals surface area contributed by atoms with E-state index in [1.165, 1.54) is 17.0 Å². The minimum Gasteiger partial charge on any atom is -0.378 e. The maximum Gasteiger partial charge on any atom is 0.203 e. The average molecular weight is 337 g/mol. The predicted molar refractivity (Wildman–Crippen MR) is 91.4 cm³/mol. The minimum absolute atomic E-state index is 0.0405. The molecule has 8 heteroatoms. The molecule has 22 heavy (non-hydrogen) atoms. The molecule has 3 N–H and O–H groups in total. The molecule has 2 aromatic rings. The molecule has 3 rings (SSSR count). The molecule has 6 nitrogen and oxygen atoms in total. The third-order valence-corrected chi connectivity index (χ3v) is 5.40. The van der Waals surface area contributed by atoms with Gasteiger partial charge in [0.2, 0.25) is 5.13 Å². The molecular formula is C14H19N5OS2. The molecule has 1 saturated heterocycles. The molecule has 1 aliphatic heterocycles. The Balaban J connectivity index is 1.53. The summed E-state index contributed by atoms with van der Waals surface area (Å²) in [4.78, 5) is 2.08. The number of nitrogens with two attached hydrogens (primary N) is 1. The lowest BCUT2D eigenvalue weighted by Gasteiger charge is -2.16. The molecule has 0 saturated carbocycles. The summed E-state index contributed by atoms with van der Waals surface area (Å²) in [7, 11) is 4.07. The van der Waals surface area contributed by atoms with Crippen LogP contribution in [0.1, 0.15) is 11.8 Å². The summed E-state index contributed by atoms with van der Waals surface area (Å²) < 4.78 is 6.94. The number of nitrogens with zero attached hydrogens (tertiary/aromatic N) is 3. The van der Waals surface area contributed by atoms with E-state index in [-0.39, 0.29) is 12.3 Å². The molecule has 0 spiro atoms. The molecule has 0 unspecified atom stereocenters. The van der Waals surface area contributed by atoms with Crippen LogP contribution in [-0.2, 0) is 4.74 Å². The number of anilines is 2. The Morgan fingerprint density at radius 3 is 2.77 bits per heavy atom. The molecule has 0 radical (unpaired) electrons. The maximum atomic E-state index is 6.06. The first-order valence-corrected chi connectivity index (χ1v) is 8.80. The summed E-state index contributed by atoms with van der Waals surface area (Å²) >= 11 is 3.05. The summed E-state index contributed by atoms with van der Waals surface area (Å²) in [5, 5.41) is 11.7. The summed E-state index contributed by atoms with van der Waals surface area (Å²) in [6, 6.07) is 8.42. The second-order valence-corrected chi connectivity index (χ2v) is 7.53. The van der Waals surface area contributed by atoms with Gasteiger partial charge in [-0.25, -0.2) is 0 Å². The fraction of sp³-hybridized carbons (Fsp3) is 0.429. The first-order valence-electron chi connectivity index (χ1n) is 7.00. The standard InChI is InChI=1S/C14H19N5OS2/c1-19(2)10-5-3-9(4-6-10)12-16-7-11(20-12)8-21-14-18-17-13(15)22-14/h3-6,11-12,16H,7-8H2,1-2H3,(H2,15,17)/t11-,12-/m1/s1. The van der Waals surface area contributed by atoms with E-state index in [1.54, 1.807) is 11.8 Å². The van der Waals surface area contributed by atoms with E-state index >= 15 is 0 Å². The van der Waals surface area contributed by atoms with E-state index < -0.39 is 0 Å². The van der Waals surface area contributed by atoms with Gasteiger partial charge in [0, 0.05) is 32.1 Å². The quantitative estimate of drug-likeness (QED) is 0.808. The molecule has 0 amide bonds. The zero-order valence-electron chi connectivity index (χ0n) is 12.5. The number of rotatable bonds is 5. The van der Waals surface area contributed by atoms with Gasteiger partial charge < -0.3 is 15.4 Å². The first kappa shape index (κ1) is 15.5. The van der Waals surface area contributed by atoms with Gasteiger partial charge in [0.25, 0.3) is 0 Å². The topological polar surface area (TPSA) is 76.3 Å². The van der Waals surface area contributed by atoms with Gasteiger partial charge in [0.15, 0.2) is 4.34 Å². The van der Waals surface area contributed by atoms with Crippen LogP contribution in [0.3, 0.4) is 0 Å². The van der Waals surface area contributed by atoms with Crippen molar-refractivity contribution < 1.29 is 4.74 Å². The van der Waals surface area contributed by atoms with E-state index in [9.17, 15) is 0 Å². The monoisotopic (exact) mass is 337 g/mol. The Kier molecular flexibility index (Phi) is 4.82. The highest BCUT2D eigenvalue weighted by Gasteiger charge is 2.26. The zero-order chi connectivity index (χ0) is 15.5. The van der Waals surface area contributed by atoms with Gasteiger partial charge in [-0.15, -0.1) is 10.2 Å². The average Bonchev–Trinajstić information content (AvgIpc) is 3.14. The van der Waals surface area contributed by atoms with Crippen LogP contribution in [-0.4, -0.2) is 42.7 Å². The lowest BCUT2D eigenvalue weighted by molar-refractivity contribution is 0.0535. The van der Waals surface area contributed by atoms with E-state index in [4.69, 9.17) is 10.5 Å². The molecule has 2 heterocycles. The number of benzene rings is 1. The third kappa shape index (κ3) is 3.70. The number of hydrogen-bond donors (Lipinski definition) is 2. The van der Waals surface area contributed by atoms with Gasteiger partial charge in [-0.1, -0.05) is 35.2 Å². The van der Waals surface area contributed by atoms with Gasteiger partial charge in [-0.05, 0) is 17.7 Å². The zero-order valence-corrected chi connectivity index (χ0v) is 14.2. The molecule has 2 atom stereocenters. The summed E-state index contributed by atoms with van der Waals surface area (Å²) in [5.41, 5.74) is 7.91. The molecule has 1 aromatic heterocycles. The van der Waals surface area contributed by atoms with Crippen LogP contribution in [0.5, 0.6) is 0 Å². The van der Waals surface area contributed by atoms with Crippen LogP contribution in [0.25, 0.3) is 0 Å². The van der Waals surface area contributed by atoms with E-state index in [0.717, 1.165) is 22.2 Å². The van der Waals surface area contributed by atoms with Crippen LogP contribution < -0.4 is 16.0 Å². The number of aromatic nitrogens is 2. The fourth-order valence-corrected chi connectivity index (χ4v) is 3.87. The van der Waals surface area contributed by atoms with E-state index in [1.807, 2.05) is 14.1 Å². The van der Waals surface area contributed by atoms with Crippen molar-refractivity contribution in [1.82, 2.24) is 15.5 Å². The van der Waals surface area contributed by atoms with E-state index in [0.29, 0.717) is 5.13 Å². The number of ether oxygens (including phenoxy) is 1. The van der Waals surface area contributed by atoms with Crippen molar-refractivity contribution in [3.05, 3.63) is 29.8 Å². The number of nitrogens with one attached hydrogen (secondary N) is 1. The van der Waals surface area contributed by atoms with Crippen molar-refractivity contribution in [2.75, 3.05) is 37.0 Å². The Bertz CT molecular complexity index is 616. The van der Waals surface area contributed by atoms with Crippen molar-refractivity contribution in [1.29, 1.82) is 0 Å². The molecule has 1 aromatic carbocycles. The number of nitrogen functional groups attached to an aromatic ring is 1. The van der Waals surface area contributed by atoms with Crippen LogP contribution in [0.2, 0.25) is 0 Å². The molecule has 118 valence electrons.